The normalized spacial score (nSPS) is 11.7. The minimum Gasteiger partial charge on any atom is -0.325 e. The minimum atomic E-state index is -0.100. The van der Waals surface area contributed by atoms with Gasteiger partial charge in [0.15, 0.2) is 5.16 Å². The highest BCUT2D eigenvalue weighted by Crippen LogP contribution is 2.26. The fraction of sp³-hybridized carbons (Fsp3) is 0.391. The Morgan fingerprint density at radius 1 is 1.19 bits per heavy atom. The third-order valence-electron chi connectivity index (χ3n) is 5.39. The first-order valence-corrected chi connectivity index (χ1v) is 12.5. The van der Waals surface area contributed by atoms with E-state index >= 15 is 0 Å². The number of rotatable bonds is 7. The summed E-state index contributed by atoms with van der Waals surface area (Å²) < 4.78 is 4.28. The monoisotopic (exact) mass is 469 g/mol. The highest BCUT2D eigenvalue weighted by Gasteiger charge is 2.19. The van der Waals surface area contributed by atoms with Gasteiger partial charge in [-0.05, 0) is 55.7 Å². The average molecular weight is 470 g/mol. The van der Waals surface area contributed by atoms with Crippen LogP contribution < -0.4 is 10.9 Å². The Labute approximate surface area is 194 Å². The van der Waals surface area contributed by atoms with Gasteiger partial charge in [-0.3, -0.25) is 18.6 Å². The second kappa shape index (κ2) is 9.07. The van der Waals surface area contributed by atoms with E-state index in [-0.39, 0.29) is 17.2 Å². The molecular weight excluding hydrogens is 442 g/mol. The predicted molar refractivity (Wildman–Crippen MR) is 132 cm³/mol. The molecule has 0 aliphatic carbocycles. The number of nitrogens with one attached hydrogen (secondary N) is 1. The van der Waals surface area contributed by atoms with E-state index in [4.69, 9.17) is 0 Å². The lowest BCUT2D eigenvalue weighted by molar-refractivity contribution is -0.113. The number of aryl methyl sites for hydroxylation is 4. The molecule has 0 aliphatic heterocycles. The van der Waals surface area contributed by atoms with E-state index in [1.165, 1.54) is 28.7 Å². The number of thiophene rings is 1. The Hall–Kier alpha value is -2.65. The fourth-order valence-corrected chi connectivity index (χ4v) is 5.43. The summed E-state index contributed by atoms with van der Waals surface area (Å²) in [6, 6.07) is 6.03. The summed E-state index contributed by atoms with van der Waals surface area (Å²) in [5.74, 6) is 1.09. The van der Waals surface area contributed by atoms with Crippen LogP contribution in [0, 0.1) is 26.7 Å². The second-order valence-electron chi connectivity index (χ2n) is 8.50. The second-order valence-corrected chi connectivity index (χ2v) is 10.4. The lowest BCUT2D eigenvalue weighted by Crippen LogP contribution is -2.23. The number of hydrogen-bond donors (Lipinski definition) is 1. The van der Waals surface area contributed by atoms with Crippen molar-refractivity contribution < 1.29 is 4.79 Å². The van der Waals surface area contributed by atoms with Gasteiger partial charge in [-0.2, -0.15) is 0 Å². The van der Waals surface area contributed by atoms with Crippen LogP contribution in [0.3, 0.4) is 0 Å². The molecule has 1 amide bonds. The molecule has 0 atom stereocenters. The van der Waals surface area contributed by atoms with Crippen LogP contribution in [0.15, 0.2) is 33.5 Å². The van der Waals surface area contributed by atoms with Gasteiger partial charge in [0, 0.05) is 12.2 Å². The Morgan fingerprint density at radius 3 is 2.59 bits per heavy atom. The maximum absolute atomic E-state index is 13.0. The molecule has 9 heteroatoms. The van der Waals surface area contributed by atoms with Crippen LogP contribution in [0.25, 0.3) is 16.0 Å². The Morgan fingerprint density at radius 2 is 1.91 bits per heavy atom. The van der Waals surface area contributed by atoms with E-state index in [1.54, 1.807) is 4.57 Å². The zero-order valence-electron chi connectivity index (χ0n) is 18.9. The van der Waals surface area contributed by atoms with E-state index in [2.05, 4.69) is 41.5 Å². The van der Waals surface area contributed by atoms with Crippen molar-refractivity contribution in [2.24, 2.45) is 5.92 Å². The van der Waals surface area contributed by atoms with Crippen molar-refractivity contribution in [1.82, 2.24) is 19.2 Å². The summed E-state index contributed by atoms with van der Waals surface area (Å²) in [4.78, 5) is 25.7. The van der Waals surface area contributed by atoms with Gasteiger partial charge in [0.25, 0.3) is 5.56 Å². The number of aromatic nitrogens is 4. The molecule has 7 nitrogen and oxygen atoms in total. The van der Waals surface area contributed by atoms with Gasteiger partial charge < -0.3 is 5.32 Å². The molecule has 0 saturated heterocycles. The van der Waals surface area contributed by atoms with Crippen molar-refractivity contribution >= 4 is 50.7 Å². The molecule has 0 saturated carbocycles. The highest BCUT2D eigenvalue weighted by molar-refractivity contribution is 7.99. The number of amides is 1. The van der Waals surface area contributed by atoms with Gasteiger partial charge in [0.2, 0.25) is 11.7 Å². The molecule has 0 aliphatic rings. The van der Waals surface area contributed by atoms with Crippen LogP contribution in [-0.2, 0) is 11.3 Å². The first-order chi connectivity index (χ1) is 15.3. The standard InChI is InChI=1S/C23H27N5O2S2/c1-13(2)6-8-27-21(30)20-17(7-9-31-20)28-22(27)25-26-23(28)32-12-18(29)24-19-15(4)10-14(3)11-16(19)5/h7,9-11,13H,6,8,12H2,1-5H3,(H,24,29). The van der Waals surface area contributed by atoms with Gasteiger partial charge >= 0.3 is 0 Å². The first-order valence-electron chi connectivity index (χ1n) is 10.6. The number of nitrogens with zero attached hydrogens (tertiary/aromatic N) is 4. The molecule has 0 bridgehead atoms. The zero-order valence-corrected chi connectivity index (χ0v) is 20.6. The Kier molecular flexibility index (Phi) is 6.39. The number of carbonyl (C=O) groups excluding carboxylic acids is 1. The maximum atomic E-state index is 13.0. The molecule has 4 aromatic rings. The summed E-state index contributed by atoms with van der Waals surface area (Å²) in [6.07, 6.45) is 0.874. The van der Waals surface area contributed by atoms with Crippen molar-refractivity contribution in [1.29, 1.82) is 0 Å². The number of carbonyl (C=O) groups is 1. The van der Waals surface area contributed by atoms with Crippen LogP contribution in [0.5, 0.6) is 0 Å². The van der Waals surface area contributed by atoms with Crippen molar-refractivity contribution in [2.45, 2.75) is 52.7 Å². The van der Waals surface area contributed by atoms with Gasteiger partial charge in [-0.15, -0.1) is 21.5 Å². The number of thioether (sulfide) groups is 1. The molecule has 168 valence electrons. The number of hydrogen-bond acceptors (Lipinski definition) is 6. The molecule has 1 N–H and O–H groups in total. The van der Waals surface area contributed by atoms with Crippen LogP contribution >= 0.6 is 23.1 Å². The molecule has 4 rings (SSSR count). The van der Waals surface area contributed by atoms with E-state index < -0.39 is 0 Å². The van der Waals surface area contributed by atoms with Crippen LogP contribution in [0.1, 0.15) is 37.0 Å². The van der Waals surface area contributed by atoms with Crippen LogP contribution in [-0.4, -0.2) is 30.8 Å². The van der Waals surface area contributed by atoms with Crippen molar-refractivity contribution in [3.05, 3.63) is 50.6 Å². The van der Waals surface area contributed by atoms with Crippen molar-refractivity contribution in [3.63, 3.8) is 0 Å². The van der Waals surface area contributed by atoms with Gasteiger partial charge in [-0.25, -0.2) is 0 Å². The zero-order chi connectivity index (χ0) is 23.0. The maximum Gasteiger partial charge on any atom is 0.272 e. The molecule has 0 spiro atoms. The molecule has 1 aromatic carbocycles. The molecule has 3 aromatic heterocycles. The highest BCUT2D eigenvalue weighted by atomic mass is 32.2. The molecule has 0 unspecified atom stereocenters. The Balaban J connectivity index is 1.62. The van der Waals surface area contributed by atoms with Gasteiger partial charge in [-0.1, -0.05) is 43.3 Å². The summed E-state index contributed by atoms with van der Waals surface area (Å²) in [7, 11) is 0. The summed E-state index contributed by atoms with van der Waals surface area (Å²) >= 11 is 2.74. The predicted octanol–water partition coefficient (Wildman–Crippen LogP) is 4.81. The van der Waals surface area contributed by atoms with Crippen LogP contribution in [0.2, 0.25) is 0 Å². The quantitative estimate of drug-likeness (QED) is 0.393. The summed E-state index contributed by atoms with van der Waals surface area (Å²) in [6.45, 7) is 10.9. The van der Waals surface area contributed by atoms with E-state index in [0.29, 0.717) is 28.1 Å². The molecule has 3 heterocycles. The molecule has 0 fully saturated rings. The largest absolute Gasteiger partial charge is 0.325 e. The lowest BCUT2D eigenvalue weighted by Gasteiger charge is -2.13. The number of fused-ring (bicyclic) bond motifs is 3. The molecule has 0 radical (unpaired) electrons. The SMILES string of the molecule is Cc1cc(C)c(NC(=O)CSc2nnc3n(CCC(C)C)c(=O)c4sccc4n23)c(C)c1. The smallest absolute Gasteiger partial charge is 0.272 e. The van der Waals surface area contributed by atoms with E-state index in [0.717, 1.165) is 28.8 Å². The third-order valence-corrected chi connectivity index (χ3v) is 7.21. The van der Waals surface area contributed by atoms with E-state index in [9.17, 15) is 9.59 Å². The number of benzene rings is 1. The third kappa shape index (κ3) is 4.31. The van der Waals surface area contributed by atoms with Crippen molar-refractivity contribution in [3.8, 4) is 0 Å². The first kappa shape index (κ1) is 22.5. The average Bonchev–Trinajstić information content (AvgIpc) is 3.36. The molecule has 32 heavy (non-hydrogen) atoms. The van der Waals surface area contributed by atoms with Crippen LogP contribution in [0.4, 0.5) is 5.69 Å². The fourth-order valence-electron chi connectivity index (χ4n) is 3.87. The summed E-state index contributed by atoms with van der Waals surface area (Å²) in [5, 5.41) is 14.2. The number of anilines is 1. The van der Waals surface area contributed by atoms with Gasteiger partial charge in [0.1, 0.15) is 4.70 Å². The van der Waals surface area contributed by atoms with E-state index in [1.807, 2.05) is 36.6 Å². The Bertz CT molecular complexity index is 1340. The lowest BCUT2D eigenvalue weighted by atomic mass is 10.1. The molecular formula is C23H27N5O2S2. The van der Waals surface area contributed by atoms with Gasteiger partial charge in [0.05, 0.1) is 11.3 Å². The topological polar surface area (TPSA) is 81.3 Å². The minimum absolute atomic E-state index is 0.0323. The van der Waals surface area contributed by atoms with Crippen molar-refractivity contribution in [2.75, 3.05) is 11.1 Å². The summed E-state index contributed by atoms with van der Waals surface area (Å²) in [5.41, 5.74) is 4.87.